The number of carbonyl (C=O) groups excluding carboxylic acids is 2. The van der Waals surface area contributed by atoms with Crippen molar-refractivity contribution in [1.29, 1.82) is 0 Å². The van der Waals surface area contributed by atoms with E-state index in [-0.39, 0.29) is 42.0 Å². The first kappa shape index (κ1) is 29.8. The van der Waals surface area contributed by atoms with Crippen molar-refractivity contribution in [1.82, 2.24) is 10.2 Å². The van der Waals surface area contributed by atoms with Gasteiger partial charge in [0.2, 0.25) is 5.91 Å². The molecule has 1 spiro atoms. The molecule has 4 heterocycles. The van der Waals surface area contributed by atoms with Gasteiger partial charge in [-0.15, -0.1) is 0 Å². The summed E-state index contributed by atoms with van der Waals surface area (Å²) in [6.45, 7) is 13.4. The predicted molar refractivity (Wildman–Crippen MR) is 150 cm³/mol. The van der Waals surface area contributed by atoms with Gasteiger partial charge in [0.05, 0.1) is 43.2 Å². The zero-order valence-corrected chi connectivity index (χ0v) is 24.4. The highest BCUT2D eigenvalue weighted by molar-refractivity contribution is 5.87. The normalized spacial score (nSPS) is 36.3. The molecule has 8 nitrogen and oxygen atoms in total. The van der Waals surface area contributed by atoms with E-state index in [9.17, 15) is 9.59 Å². The zero-order chi connectivity index (χ0) is 28.0. The van der Waals surface area contributed by atoms with Crippen molar-refractivity contribution < 1.29 is 28.5 Å². The molecule has 0 aromatic heterocycles. The summed E-state index contributed by atoms with van der Waals surface area (Å²) < 4.78 is 23.5. The molecule has 1 N–H and O–H groups in total. The maximum absolute atomic E-state index is 12.6. The Morgan fingerprint density at radius 2 is 1.90 bits per heavy atom. The van der Waals surface area contributed by atoms with Gasteiger partial charge in [-0.3, -0.25) is 4.79 Å². The monoisotopic (exact) mass is 544 g/mol. The van der Waals surface area contributed by atoms with Crippen molar-refractivity contribution >= 4 is 12.0 Å². The van der Waals surface area contributed by atoms with E-state index in [0.717, 1.165) is 64.8 Å². The van der Waals surface area contributed by atoms with Crippen molar-refractivity contribution in [3.63, 3.8) is 0 Å². The van der Waals surface area contributed by atoms with Gasteiger partial charge in [-0.25, -0.2) is 4.79 Å². The highest BCUT2D eigenvalue weighted by Crippen LogP contribution is 2.44. The maximum Gasteiger partial charge on any atom is 0.410 e. The molecule has 0 aromatic rings. The second-order valence-corrected chi connectivity index (χ2v) is 12.0. The van der Waals surface area contributed by atoms with Gasteiger partial charge in [-0.2, -0.15) is 0 Å². The van der Waals surface area contributed by atoms with Crippen LogP contribution in [-0.4, -0.2) is 79.3 Å². The first-order valence-electron chi connectivity index (χ1n) is 14.9. The van der Waals surface area contributed by atoms with Gasteiger partial charge in [0, 0.05) is 31.5 Å². The molecule has 39 heavy (non-hydrogen) atoms. The van der Waals surface area contributed by atoms with Gasteiger partial charge in [0.25, 0.3) is 0 Å². The minimum atomic E-state index is -0.464. The standard InChI is InChI=1S/C31H48N2O6/c1-21(10-13-28-24(4)31(20-37-31)15-18-36-28)9-12-27-22(2)19-26(25(5)39-27)32-29(34)14-11-23(3)38-30(35)33-16-7-6-8-17-33/h9-11,13-14,22-28H,6-8,12,15-20H2,1-5H3,(H,32,34). The van der Waals surface area contributed by atoms with E-state index in [2.05, 4.69) is 44.3 Å². The van der Waals surface area contributed by atoms with Crippen molar-refractivity contribution in [2.45, 2.75) is 109 Å². The number of hydrogen-bond donors (Lipinski definition) is 1. The number of amides is 2. The molecule has 218 valence electrons. The zero-order valence-electron chi connectivity index (χ0n) is 24.4. The van der Waals surface area contributed by atoms with Crippen LogP contribution in [-0.2, 0) is 23.7 Å². The molecule has 0 aromatic carbocycles. The van der Waals surface area contributed by atoms with Crippen LogP contribution in [0.25, 0.3) is 0 Å². The molecule has 4 saturated heterocycles. The van der Waals surface area contributed by atoms with Crippen LogP contribution in [0.15, 0.2) is 36.0 Å². The fourth-order valence-electron chi connectivity index (χ4n) is 5.89. The third-order valence-electron chi connectivity index (χ3n) is 8.86. The number of rotatable bonds is 8. The lowest BCUT2D eigenvalue weighted by Crippen LogP contribution is -2.50. The number of piperidine rings is 1. The molecule has 8 unspecified atom stereocenters. The Morgan fingerprint density at radius 3 is 2.62 bits per heavy atom. The Labute approximate surface area is 234 Å². The van der Waals surface area contributed by atoms with Crippen LogP contribution in [0.5, 0.6) is 0 Å². The lowest BCUT2D eigenvalue weighted by atomic mass is 9.84. The van der Waals surface area contributed by atoms with Crippen LogP contribution in [0.3, 0.4) is 0 Å². The molecule has 2 amide bonds. The molecule has 4 fully saturated rings. The number of carbonyl (C=O) groups is 2. The van der Waals surface area contributed by atoms with Crippen molar-refractivity contribution in [2.24, 2.45) is 11.8 Å². The summed E-state index contributed by atoms with van der Waals surface area (Å²) in [5, 5.41) is 3.08. The van der Waals surface area contributed by atoms with Gasteiger partial charge in [-0.05, 0) is 64.9 Å². The van der Waals surface area contributed by atoms with Crippen molar-refractivity contribution in [3.05, 3.63) is 36.0 Å². The van der Waals surface area contributed by atoms with Gasteiger partial charge >= 0.3 is 6.09 Å². The fraction of sp³-hybridized carbons (Fsp3) is 0.742. The van der Waals surface area contributed by atoms with Crippen LogP contribution in [0.1, 0.15) is 73.1 Å². The molecule has 4 rings (SSSR count). The lowest BCUT2D eigenvalue weighted by molar-refractivity contribution is -0.123. The van der Waals surface area contributed by atoms with E-state index in [4.69, 9.17) is 18.9 Å². The third-order valence-corrected chi connectivity index (χ3v) is 8.86. The summed E-state index contributed by atoms with van der Waals surface area (Å²) in [5.74, 6) is 0.486. The minimum absolute atomic E-state index is 0.0477. The number of epoxide rings is 1. The van der Waals surface area contributed by atoms with E-state index in [1.807, 2.05) is 6.92 Å². The third kappa shape index (κ3) is 8.18. The average Bonchev–Trinajstić information content (AvgIpc) is 3.70. The topological polar surface area (TPSA) is 89.6 Å². The fourth-order valence-corrected chi connectivity index (χ4v) is 5.89. The number of likely N-dealkylation sites (tertiary alicyclic amines) is 1. The second kappa shape index (κ2) is 13.5. The Morgan fingerprint density at radius 1 is 1.15 bits per heavy atom. The first-order chi connectivity index (χ1) is 18.7. The minimum Gasteiger partial charge on any atom is -0.442 e. The molecule has 4 aliphatic rings. The molecule has 0 radical (unpaired) electrons. The van der Waals surface area contributed by atoms with E-state index in [1.54, 1.807) is 17.9 Å². The predicted octanol–water partition coefficient (Wildman–Crippen LogP) is 4.94. The Bertz CT molecular complexity index is 935. The summed E-state index contributed by atoms with van der Waals surface area (Å²) >= 11 is 0. The van der Waals surface area contributed by atoms with Crippen LogP contribution in [0.4, 0.5) is 4.79 Å². The number of ether oxygens (including phenoxy) is 4. The Hall–Kier alpha value is -2.16. The molecule has 8 atom stereocenters. The van der Waals surface area contributed by atoms with Crippen LogP contribution < -0.4 is 5.32 Å². The molecule has 0 bridgehead atoms. The smallest absolute Gasteiger partial charge is 0.410 e. The SMILES string of the molecule is CC(C=CC1OCCC2(CO2)C1C)=CCC1OC(C)C(NC(=O)C=CC(C)OC(=O)N2CCCCC2)CC1C. The van der Waals surface area contributed by atoms with E-state index < -0.39 is 6.10 Å². The van der Waals surface area contributed by atoms with Gasteiger partial charge < -0.3 is 29.2 Å². The van der Waals surface area contributed by atoms with Crippen molar-refractivity contribution in [3.8, 4) is 0 Å². The molecule has 0 saturated carbocycles. The van der Waals surface area contributed by atoms with Crippen LogP contribution in [0, 0.1) is 11.8 Å². The molecule has 4 aliphatic heterocycles. The van der Waals surface area contributed by atoms with Crippen LogP contribution >= 0.6 is 0 Å². The molecular formula is C31H48N2O6. The number of hydrogen-bond acceptors (Lipinski definition) is 6. The average molecular weight is 545 g/mol. The Kier molecular flexibility index (Phi) is 10.3. The number of nitrogens with zero attached hydrogens (tertiary/aromatic N) is 1. The summed E-state index contributed by atoms with van der Waals surface area (Å²) in [4.78, 5) is 26.6. The van der Waals surface area contributed by atoms with Gasteiger partial charge in [0.15, 0.2) is 0 Å². The van der Waals surface area contributed by atoms with E-state index in [1.165, 1.54) is 11.6 Å². The number of nitrogens with one attached hydrogen (secondary N) is 1. The molecule has 8 heteroatoms. The summed E-state index contributed by atoms with van der Waals surface area (Å²) in [6, 6.07) is -0.0634. The second-order valence-electron chi connectivity index (χ2n) is 12.0. The maximum atomic E-state index is 12.6. The van der Waals surface area contributed by atoms with Crippen LogP contribution in [0.2, 0.25) is 0 Å². The van der Waals surface area contributed by atoms with E-state index >= 15 is 0 Å². The van der Waals surface area contributed by atoms with Crippen molar-refractivity contribution in [2.75, 3.05) is 26.3 Å². The lowest BCUT2D eigenvalue weighted by Gasteiger charge is -2.39. The Balaban J connectivity index is 1.19. The number of allylic oxidation sites excluding steroid dienone is 2. The summed E-state index contributed by atoms with van der Waals surface area (Å²) in [6.07, 6.45) is 14.8. The highest BCUT2D eigenvalue weighted by atomic mass is 16.6. The summed E-state index contributed by atoms with van der Waals surface area (Å²) in [5.41, 5.74) is 1.24. The highest BCUT2D eigenvalue weighted by Gasteiger charge is 2.53. The van der Waals surface area contributed by atoms with E-state index in [0.29, 0.717) is 11.8 Å². The van der Waals surface area contributed by atoms with Gasteiger partial charge in [0.1, 0.15) is 6.10 Å². The largest absolute Gasteiger partial charge is 0.442 e. The van der Waals surface area contributed by atoms with Gasteiger partial charge in [-0.1, -0.05) is 37.6 Å². The molecule has 0 aliphatic carbocycles. The summed E-state index contributed by atoms with van der Waals surface area (Å²) in [7, 11) is 0. The quantitative estimate of drug-likeness (QED) is 0.265. The molecular weight excluding hydrogens is 496 g/mol. The first-order valence-corrected chi connectivity index (χ1v) is 14.9.